The molecule has 0 aliphatic carbocycles. The average molecular weight is 346 g/mol. The molecule has 4 rings (SSSR count). The molecule has 5 nitrogen and oxygen atoms in total. The van der Waals surface area contributed by atoms with E-state index in [0.717, 1.165) is 35.3 Å². The molecule has 2 N–H and O–H groups in total. The van der Waals surface area contributed by atoms with Crippen molar-refractivity contribution in [2.45, 2.75) is 32.5 Å². The molecule has 0 saturated heterocycles. The maximum Gasteiger partial charge on any atom is 0.315 e. The summed E-state index contributed by atoms with van der Waals surface area (Å²) in [7, 11) is 0. The summed E-state index contributed by atoms with van der Waals surface area (Å²) in [5, 5.41) is 5.79. The topological polar surface area (TPSA) is 59.0 Å². The van der Waals surface area contributed by atoms with Gasteiger partial charge in [0.05, 0.1) is 5.69 Å². The predicted octanol–water partition coefficient (Wildman–Crippen LogP) is 3.50. The fraction of sp³-hybridized carbons (Fsp3) is 0.238. The van der Waals surface area contributed by atoms with Gasteiger partial charge in [0, 0.05) is 37.8 Å². The minimum Gasteiger partial charge on any atom is -0.334 e. The second-order valence-electron chi connectivity index (χ2n) is 6.56. The molecule has 3 aromatic rings. The summed E-state index contributed by atoms with van der Waals surface area (Å²) in [6, 6.07) is 17.9. The minimum absolute atomic E-state index is 0.166. The van der Waals surface area contributed by atoms with Crippen molar-refractivity contribution in [3.05, 3.63) is 77.7 Å². The molecule has 2 amide bonds. The van der Waals surface area contributed by atoms with Gasteiger partial charge in [-0.25, -0.2) is 9.78 Å². The molecule has 2 heterocycles. The molecule has 5 heteroatoms. The van der Waals surface area contributed by atoms with Crippen molar-refractivity contribution < 1.29 is 4.79 Å². The van der Waals surface area contributed by atoms with E-state index in [-0.39, 0.29) is 6.03 Å². The SMILES string of the molecule is O=C(NCc1ccccc1)NCc1cccc(-c2cn3c(n2)CCC3)c1. The highest BCUT2D eigenvalue weighted by Gasteiger charge is 2.14. The summed E-state index contributed by atoms with van der Waals surface area (Å²) < 4.78 is 2.23. The maximum absolute atomic E-state index is 12.0. The van der Waals surface area contributed by atoms with Crippen molar-refractivity contribution in [3.63, 3.8) is 0 Å². The van der Waals surface area contributed by atoms with E-state index >= 15 is 0 Å². The van der Waals surface area contributed by atoms with E-state index in [9.17, 15) is 4.79 Å². The van der Waals surface area contributed by atoms with Crippen LogP contribution in [0.4, 0.5) is 4.79 Å². The van der Waals surface area contributed by atoms with Crippen molar-refractivity contribution in [3.8, 4) is 11.3 Å². The number of imidazole rings is 1. The second-order valence-corrected chi connectivity index (χ2v) is 6.56. The van der Waals surface area contributed by atoms with Crippen LogP contribution < -0.4 is 10.6 Å². The van der Waals surface area contributed by atoms with Crippen molar-refractivity contribution in [2.24, 2.45) is 0 Å². The predicted molar refractivity (Wildman–Crippen MR) is 102 cm³/mol. The Bertz CT molecular complexity index is 880. The first-order valence-corrected chi connectivity index (χ1v) is 8.99. The Morgan fingerprint density at radius 2 is 1.77 bits per heavy atom. The van der Waals surface area contributed by atoms with Crippen LogP contribution >= 0.6 is 0 Å². The summed E-state index contributed by atoms with van der Waals surface area (Å²) in [5.41, 5.74) is 4.24. The van der Waals surface area contributed by atoms with Gasteiger partial charge in [-0.3, -0.25) is 0 Å². The Labute approximate surface area is 153 Å². The van der Waals surface area contributed by atoms with E-state index in [1.54, 1.807) is 0 Å². The Morgan fingerprint density at radius 3 is 2.58 bits per heavy atom. The van der Waals surface area contributed by atoms with Gasteiger partial charge in [-0.1, -0.05) is 48.5 Å². The van der Waals surface area contributed by atoms with Crippen LogP contribution in [-0.2, 0) is 26.1 Å². The van der Waals surface area contributed by atoms with Gasteiger partial charge in [-0.15, -0.1) is 0 Å². The third-order valence-electron chi connectivity index (χ3n) is 4.63. The Morgan fingerprint density at radius 1 is 1.00 bits per heavy atom. The van der Waals surface area contributed by atoms with Gasteiger partial charge in [0.1, 0.15) is 5.82 Å². The van der Waals surface area contributed by atoms with Crippen LogP contribution in [0, 0.1) is 0 Å². The van der Waals surface area contributed by atoms with Gasteiger partial charge in [-0.2, -0.15) is 0 Å². The van der Waals surface area contributed by atoms with E-state index in [1.165, 1.54) is 12.2 Å². The molecular formula is C21H22N4O. The molecule has 2 aromatic carbocycles. The zero-order chi connectivity index (χ0) is 17.8. The van der Waals surface area contributed by atoms with Crippen molar-refractivity contribution in [1.29, 1.82) is 0 Å². The first-order chi connectivity index (χ1) is 12.8. The van der Waals surface area contributed by atoms with Gasteiger partial charge in [-0.05, 0) is 23.6 Å². The lowest BCUT2D eigenvalue weighted by Gasteiger charge is -2.08. The summed E-state index contributed by atoms with van der Waals surface area (Å²) in [5.74, 6) is 1.17. The summed E-state index contributed by atoms with van der Waals surface area (Å²) in [6.45, 7) is 2.07. The maximum atomic E-state index is 12.0. The highest BCUT2D eigenvalue weighted by molar-refractivity contribution is 5.74. The van der Waals surface area contributed by atoms with Gasteiger partial charge in [0.15, 0.2) is 0 Å². The zero-order valence-corrected chi connectivity index (χ0v) is 14.6. The van der Waals surface area contributed by atoms with Crippen LogP contribution in [-0.4, -0.2) is 15.6 Å². The Balaban J connectivity index is 1.34. The zero-order valence-electron chi connectivity index (χ0n) is 14.6. The van der Waals surface area contributed by atoms with E-state index in [0.29, 0.717) is 13.1 Å². The van der Waals surface area contributed by atoms with Crippen molar-refractivity contribution in [1.82, 2.24) is 20.2 Å². The lowest BCUT2D eigenvalue weighted by molar-refractivity contribution is 0.240. The quantitative estimate of drug-likeness (QED) is 0.743. The molecule has 0 atom stereocenters. The standard InChI is InChI=1S/C21H22N4O/c26-21(22-13-16-6-2-1-3-7-16)23-14-17-8-4-9-18(12-17)19-15-25-11-5-10-20(25)24-19/h1-4,6-9,12,15H,5,10-11,13-14H2,(H2,22,23,26). The van der Waals surface area contributed by atoms with Gasteiger partial charge >= 0.3 is 6.03 Å². The number of aromatic nitrogens is 2. The van der Waals surface area contributed by atoms with Crippen molar-refractivity contribution in [2.75, 3.05) is 0 Å². The lowest BCUT2D eigenvalue weighted by atomic mass is 10.1. The normalized spacial score (nSPS) is 12.6. The lowest BCUT2D eigenvalue weighted by Crippen LogP contribution is -2.34. The Hall–Kier alpha value is -3.08. The number of amides is 2. The molecule has 132 valence electrons. The molecule has 0 saturated carbocycles. The molecule has 0 bridgehead atoms. The van der Waals surface area contributed by atoms with E-state index < -0.39 is 0 Å². The number of nitrogens with zero attached hydrogens (tertiary/aromatic N) is 2. The number of rotatable bonds is 5. The van der Waals surface area contributed by atoms with Crippen LogP contribution in [0.1, 0.15) is 23.4 Å². The number of hydrogen-bond donors (Lipinski definition) is 2. The summed E-state index contributed by atoms with van der Waals surface area (Å²) in [6.07, 6.45) is 4.37. The van der Waals surface area contributed by atoms with E-state index in [4.69, 9.17) is 4.98 Å². The van der Waals surface area contributed by atoms with E-state index in [1.807, 2.05) is 42.5 Å². The number of urea groups is 1. The number of carbonyl (C=O) groups excluding carboxylic acids is 1. The number of hydrogen-bond acceptors (Lipinski definition) is 2. The first kappa shape index (κ1) is 16.4. The number of fused-ring (bicyclic) bond motifs is 1. The third kappa shape index (κ3) is 3.77. The van der Waals surface area contributed by atoms with Crippen molar-refractivity contribution >= 4 is 6.03 Å². The average Bonchev–Trinajstić information content (AvgIpc) is 3.28. The molecule has 1 aliphatic heterocycles. The van der Waals surface area contributed by atoms with Crippen LogP contribution in [0.25, 0.3) is 11.3 Å². The summed E-state index contributed by atoms with van der Waals surface area (Å²) >= 11 is 0. The largest absolute Gasteiger partial charge is 0.334 e. The highest BCUT2D eigenvalue weighted by Crippen LogP contribution is 2.23. The van der Waals surface area contributed by atoms with Gasteiger partial charge < -0.3 is 15.2 Å². The molecule has 0 spiro atoms. The third-order valence-corrected chi connectivity index (χ3v) is 4.63. The number of benzene rings is 2. The smallest absolute Gasteiger partial charge is 0.315 e. The fourth-order valence-electron chi connectivity index (χ4n) is 3.26. The molecule has 0 unspecified atom stereocenters. The molecule has 26 heavy (non-hydrogen) atoms. The van der Waals surface area contributed by atoms with Gasteiger partial charge in [0.25, 0.3) is 0 Å². The number of nitrogens with one attached hydrogen (secondary N) is 2. The second kappa shape index (κ2) is 7.44. The molecular weight excluding hydrogens is 324 g/mol. The highest BCUT2D eigenvalue weighted by atomic mass is 16.2. The van der Waals surface area contributed by atoms with Crippen LogP contribution in [0.3, 0.4) is 0 Å². The fourth-order valence-corrected chi connectivity index (χ4v) is 3.26. The Kier molecular flexibility index (Phi) is 4.69. The van der Waals surface area contributed by atoms with Crippen LogP contribution in [0.2, 0.25) is 0 Å². The summed E-state index contributed by atoms with van der Waals surface area (Å²) in [4.78, 5) is 16.7. The molecule has 1 aromatic heterocycles. The minimum atomic E-state index is -0.166. The number of carbonyl (C=O) groups is 1. The molecule has 0 radical (unpaired) electrons. The number of aryl methyl sites for hydroxylation is 2. The molecule has 1 aliphatic rings. The molecule has 0 fully saturated rings. The van der Waals surface area contributed by atoms with E-state index in [2.05, 4.69) is 33.5 Å². The van der Waals surface area contributed by atoms with Gasteiger partial charge in [0.2, 0.25) is 0 Å². The van der Waals surface area contributed by atoms with Crippen LogP contribution in [0.15, 0.2) is 60.8 Å². The van der Waals surface area contributed by atoms with Crippen LogP contribution in [0.5, 0.6) is 0 Å². The monoisotopic (exact) mass is 346 g/mol. The first-order valence-electron chi connectivity index (χ1n) is 8.99.